The maximum Gasteiger partial charge on any atom is 2.00 e. The normalized spacial score (nSPS) is 13.1. The number of hydrogen-bond donors (Lipinski definition) is 2. The number of hydrogen-bond acceptors (Lipinski definition) is 8. The van der Waals surface area contributed by atoms with Crippen molar-refractivity contribution in [3.8, 4) is 0 Å². The first-order chi connectivity index (χ1) is 28.2. The van der Waals surface area contributed by atoms with Gasteiger partial charge in [0.05, 0.1) is 37.6 Å². The first-order valence-corrected chi connectivity index (χ1v) is 23.3. The largest absolute Gasteiger partial charge is 2.00 e. The SMILES string of the molecule is CCC(O)CCCC(CCCCCCCCCCC(=O)[O-])OCc1ccccc1.CCC(O)CCCC(CCCCCCCCCCC(=O)[O-])OCc1ccccc1.[Ba+2]. The van der Waals surface area contributed by atoms with Crippen LogP contribution in [0.15, 0.2) is 60.7 Å². The van der Waals surface area contributed by atoms with Gasteiger partial charge in [-0.3, -0.25) is 0 Å². The molecule has 0 bridgehead atoms. The van der Waals surface area contributed by atoms with Crippen molar-refractivity contribution in [3.63, 3.8) is 0 Å². The summed E-state index contributed by atoms with van der Waals surface area (Å²) in [5.74, 6) is -1.86. The third kappa shape index (κ3) is 38.2. The number of carbonyl (C=O) groups is 2. The minimum Gasteiger partial charge on any atom is -0.550 e. The van der Waals surface area contributed by atoms with Crippen molar-refractivity contribution in [2.24, 2.45) is 0 Å². The molecule has 0 aliphatic rings. The van der Waals surface area contributed by atoms with Crippen LogP contribution < -0.4 is 10.2 Å². The van der Waals surface area contributed by atoms with Crippen molar-refractivity contribution in [1.82, 2.24) is 0 Å². The zero-order chi connectivity index (χ0) is 42.3. The van der Waals surface area contributed by atoms with E-state index < -0.39 is 11.9 Å². The topological polar surface area (TPSA) is 139 Å². The number of rotatable bonds is 38. The van der Waals surface area contributed by atoms with Crippen LogP contribution in [0.25, 0.3) is 0 Å². The Bertz CT molecular complexity index is 1110. The van der Waals surface area contributed by atoms with Crippen molar-refractivity contribution in [2.45, 2.75) is 231 Å². The second-order valence-corrected chi connectivity index (χ2v) is 16.3. The average molecular weight is 949 g/mol. The van der Waals surface area contributed by atoms with Crippen molar-refractivity contribution in [1.29, 1.82) is 0 Å². The number of benzene rings is 2. The van der Waals surface area contributed by atoms with Gasteiger partial charge in [-0.1, -0.05) is 164 Å². The first-order valence-electron chi connectivity index (χ1n) is 23.3. The summed E-state index contributed by atoms with van der Waals surface area (Å²) >= 11 is 0. The Morgan fingerprint density at radius 3 is 1.05 bits per heavy atom. The van der Waals surface area contributed by atoms with Crippen molar-refractivity contribution in [3.05, 3.63) is 71.8 Å². The molecule has 0 saturated carbocycles. The van der Waals surface area contributed by atoms with Crippen molar-refractivity contribution < 1.29 is 39.5 Å². The van der Waals surface area contributed by atoms with Gasteiger partial charge in [0.25, 0.3) is 0 Å². The Hall–Kier alpha value is -1.21. The summed E-state index contributed by atoms with van der Waals surface area (Å²) in [6.45, 7) is 5.37. The van der Waals surface area contributed by atoms with E-state index in [2.05, 4.69) is 24.3 Å². The van der Waals surface area contributed by atoms with Gasteiger partial charge >= 0.3 is 48.9 Å². The number of unbranched alkanes of at least 4 members (excludes halogenated alkanes) is 14. The van der Waals surface area contributed by atoms with Crippen molar-refractivity contribution in [2.75, 3.05) is 0 Å². The van der Waals surface area contributed by atoms with E-state index in [0.29, 0.717) is 13.2 Å². The number of ether oxygens (including phenoxy) is 2. The van der Waals surface area contributed by atoms with Gasteiger partial charge in [-0.05, 0) is 101 Å². The van der Waals surface area contributed by atoms with Gasteiger partial charge in [-0.15, -0.1) is 0 Å². The molecule has 0 aliphatic heterocycles. The molecule has 0 radical (unpaired) electrons. The number of aliphatic hydroxyl groups is 2. The van der Waals surface area contributed by atoms with Crippen LogP contribution in [0.5, 0.6) is 0 Å². The van der Waals surface area contributed by atoms with Gasteiger partial charge in [0.15, 0.2) is 0 Å². The minimum absolute atomic E-state index is 0. The fraction of sp³-hybridized carbons (Fsp3) is 0.720. The average Bonchev–Trinajstić information content (AvgIpc) is 3.23. The zero-order valence-electron chi connectivity index (χ0n) is 37.3. The molecule has 0 aromatic heterocycles. The van der Waals surface area contributed by atoms with E-state index in [9.17, 15) is 30.0 Å². The van der Waals surface area contributed by atoms with E-state index in [-0.39, 0.29) is 86.1 Å². The van der Waals surface area contributed by atoms with E-state index >= 15 is 0 Å². The van der Waals surface area contributed by atoms with E-state index in [1.165, 1.54) is 75.3 Å². The molecular weight excluding hydrogens is 866 g/mol. The molecule has 0 fully saturated rings. The van der Waals surface area contributed by atoms with E-state index in [4.69, 9.17) is 9.47 Å². The summed E-state index contributed by atoms with van der Waals surface area (Å²) in [6.07, 6.45) is 28.0. The van der Waals surface area contributed by atoms with Crippen LogP contribution in [0.4, 0.5) is 0 Å². The molecule has 59 heavy (non-hydrogen) atoms. The number of carbonyl (C=O) groups excluding carboxylic acids is 2. The molecule has 4 atom stereocenters. The van der Waals surface area contributed by atoms with Crippen LogP contribution in [0.2, 0.25) is 0 Å². The van der Waals surface area contributed by atoms with Crippen LogP contribution in [0.3, 0.4) is 0 Å². The molecule has 2 N–H and O–H groups in total. The summed E-state index contributed by atoms with van der Waals surface area (Å²) in [7, 11) is 0. The molecule has 0 spiro atoms. The van der Waals surface area contributed by atoms with Gasteiger partial charge in [-0.2, -0.15) is 0 Å². The molecule has 0 heterocycles. The number of carboxylic acids is 2. The molecule has 2 rings (SSSR count). The van der Waals surface area contributed by atoms with Crippen LogP contribution in [-0.4, -0.2) is 95.4 Å². The fourth-order valence-electron chi connectivity index (χ4n) is 7.17. The predicted octanol–water partition coefficient (Wildman–Crippen LogP) is 9.95. The third-order valence-corrected chi connectivity index (χ3v) is 11.0. The second-order valence-electron chi connectivity index (χ2n) is 16.3. The Balaban J connectivity index is 0.00000112. The van der Waals surface area contributed by atoms with Crippen LogP contribution in [0, 0.1) is 0 Å². The zero-order valence-corrected chi connectivity index (χ0v) is 41.8. The molecule has 0 aliphatic carbocycles. The summed E-state index contributed by atoms with van der Waals surface area (Å²) in [4.78, 5) is 20.7. The molecule has 332 valence electrons. The summed E-state index contributed by atoms with van der Waals surface area (Å²) in [6, 6.07) is 20.6. The summed E-state index contributed by atoms with van der Waals surface area (Å²) < 4.78 is 12.4. The molecule has 2 aromatic carbocycles. The number of aliphatic hydroxyl groups excluding tert-OH is 2. The first kappa shape index (κ1) is 57.8. The van der Waals surface area contributed by atoms with E-state index in [1.807, 2.05) is 50.2 Å². The fourth-order valence-corrected chi connectivity index (χ4v) is 7.17. The number of aliphatic carboxylic acids is 2. The Morgan fingerprint density at radius 1 is 0.458 bits per heavy atom. The van der Waals surface area contributed by atoms with Gasteiger partial charge in [0, 0.05) is 11.9 Å². The summed E-state index contributed by atoms with van der Waals surface area (Å²) in [5.41, 5.74) is 2.43. The van der Waals surface area contributed by atoms with Crippen LogP contribution >= 0.6 is 0 Å². The maximum absolute atomic E-state index is 10.4. The predicted molar refractivity (Wildman–Crippen MR) is 238 cm³/mol. The molecule has 0 amide bonds. The van der Waals surface area contributed by atoms with Crippen LogP contribution in [0.1, 0.15) is 205 Å². The second kappa shape index (κ2) is 42.1. The van der Waals surface area contributed by atoms with Gasteiger partial charge in [-0.25, -0.2) is 0 Å². The maximum atomic E-state index is 10.4. The minimum atomic E-state index is -0.932. The van der Waals surface area contributed by atoms with Gasteiger partial charge < -0.3 is 39.5 Å². The molecule has 0 saturated heterocycles. The molecule has 4 unspecified atom stereocenters. The van der Waals surface area contributed by atoms with Gasteiger partial charge in [0.2, 0.25) is 0 Å². The van der Waals surface area contributed by atoms with E-state index in [1.54, 1.807) is 0 Å². The molecular formula is C50H82BaO8. The molecule has 9 heteroatoms. The van der Waals surface area contributed by atoms with Crippen LogP contribution in [-0.2, 0) is 32.3 Å². The van der Waals surface area contributed by atoms with E-state index in [0.717, 1.165) is 103 Å². The Morgan fingerprint density at radius 2 is 0.746 bits per heavy atom. The molecule has 2 aromatic rings. The smallest absolute Gasteiger partial charge is 0.550 e. The number of carboxylic acid groups (broad SMARTS) is 2. The quantitative estimate of drug-likeness (QED) is 0.0501. The Kier molecular flexibility index (Phi) is 41.2. The standard InChI is InChI=1S/2C25H42O4.Ba/c2*1-2-23(26)17-14-19-24(29-21-22-15-10-9-11-16-22)18-12-7-5-3-4-6-8-13-20-25(27)28;/h2*9-11,15-16,23-24,26H,2-8,12-14,17-21H2,1H3,(H,27,28);/q;;+2/p-2. The summed E-state index contributed by atoms with van der Waals surface area (Å²) in [5, 5.41) is 40.3. The molecule has 8 nitrogen and oxygen atoms in total. The third-order valence-electron chi connectivity index (χ3n) is 11.0. The van der Waals surface area contributed by atoms with Gasteiger partial charge in [0.1, 0.15) is 0 Å². The van der Waals surface area contributed by atoms with Crippen molar-refractivity contribution >= 4 is 60.8 Å². The monoisotopic (exact) mass is 949 g/mol. The Labute approximate surface area is 400 Å².